The standard InChI is InChI=1S/C30H39N5O3/c1-3-26(36)34-17-19-35(20-18-34)27-24-13-15-30(14-7-10-22-9-5-6-12-25(22)30)38-28(24)32-29(31-27)37-21-23-11-8-16-33(23)4-2/h3,5-6,9,12,23H,1,4,7-8,10-11,13-21H2,2H3/t23-,30?/m0/s1. The molecule has 2 atom stereocenters. The summed E-state index contributed by atoms with van der Waals surface area (Å²) in [5.41, 5.74) is 3.41. The molecule has 2 fully saturated rings. The summed E-state index contributed by atoms with van der Waals surface area (Å²) in [5, 5.41) is 0. The van der Waals surface area contributed by atoms with E-state index >= 15 is 0 Å². The summed E-state index contributed by atoms with van der Waals surface area (Å²) in [6.45, 7) is 11.3. The first-order chi connectivity index (χ1) is 18.6. The van der Waals surface area contributed by atoms with Gasteiger partial charge in [0.2, 0.25) is 11.8 Å². The number of likely N-dealkylation sites (tertiary alicyclic amines) is 1. The molecule has 0 N–H and O–H groups in total. The van der Waals surface area contributed by atoms with Crippen LogP contribution in [-0.2, 0) is 23.2 Å². The fourth-order valence-corrected chi connectivity index (χ4v) is 6.81. The smallest absolute Gasteiger partial charge is 0.321 e. The summed E-state index contributed by atoms with van der Waals surface area (Å²) < 4.78 is 13.2. The molecule has 2 saturated heterocycles. The largest absolute Gasteiger partial charge is 0.466 e. The highest BCUT2D eigenvalue weighted by atomic mass is 16.5. The summed E-state index contributed by atoms with van der Waals surface area (Å²) in [4.78, 5) is 28.6. The molecule has 1 aromatic heterocycles. The van der Waals surface area contributed by atoms with E-state index in [0.717, 1.165) is 63.0 Å². The predicted molar refractivity (Wildman–Crippen MR) is 147 cm³/mol. The number of fused-ring (bicyclic) bond motifs is 3. The SMILES string of the molecule is C=CC(=O)N1CCN(c2nc(OC[C@@H]3CCCN3CC)nc3c2CCC2(CCCc4ccccc42)O3)CC1. The van der Waals surface area contributed by atoms with E-state index in [0.29, 0.717) is 50.7 Å². The van der Waals surface area contributed by atoms with Crippen molar-refractivity contribution in [2.45, 2.75) is 63.5 Å². The van der Waals surface area contributed by atoms with Gasteiger partial charge < -0.3 is 19.3 Å². The maximum atomic E-state index is 12.2. The molecule has 38 heavy (non-hydrogen) atoms. The van der Waals surface area contributed by atoms with E-state index < -0.39 is 0 Å². The highest BCUT2D eigenvalue weighted by Crippen LogP contribution is 2.48. The number of anilines is 1. The van der Waals surface area contributed by atoms with Gasteiger partial charge in [-0.05, 0) is 75.2 Å². The molecule has 3 aliphatic heterocycles. The second kappa shape index (κ2) is 10.6. The zero-order valence-electron chi connectivity index (χ0n) is 22.5. The molecule has 6 rings (SSSR count). The summed E-state index contributed by atoms with van der Waals surface area (Å²) in [7, 11) is 0. The van der Waals surface area contributed by atoms with Gasteiger partial charge in [-0.2, -0.15) is 9.97 Å². The Kier molecular flexibility index (Phi) is 6.99. The number of nitrogens with zero attached hydrogens (tertiary/aromatic N) is 5. The monoisotopic (exact) mass is 517 g/mol. The average Bonchev–Trinajstić information content (AvgIpc) is 3.43. The molecule has 1 spiro atoms. The van der Waals surface area contributed by atoms with E-state index in [1.807, 2.05) is 4.90 Å². The van der Waals surface area contributed by atoms with E-state index in [2.05, 4.69) is 47.6 Å². The molecule has 8 heteroatoms. The molecule has 8 nitrogen and oxygen atoms in total. The van der Waals surface area contributed by atoms with Crippen LogP contribution in [0, 0.1) is 0 Å². The third-order valence-corrected chi connectivity index (χ3v) is 8.91. The van der Waals surface area contributed by atoms with Crippen molar-refractivity contribution in [3.05, 3.63) is 53.6 Å². The van der Waals surface area contributed by atoms with Crippen molar-refractivity contribution in [3.8, 4) is 11.9 Å². The molecule has 4 heterocycles. The molecule has 1 aromatic carbocycles. The first kappa shape index (κ1) is 25.2. The van der Waals surface area contributed by atoms with Crippen LogP contribution in [0.1, 0.15) is 55.7 Å². The van der Waals surface area contributed by atoms with Gasteiger partial charge in [0, 0.05) is 32.2 Å². The molecular weight excluding hydrogens is 478 g/mol. The maximum absolute atomic E-state index is 12.2. The third-order valence-electron chi connectivity index (χ3n) is 8.91. The molecule has 202 valence electrons. The highest BCUT2D eigenvalue weighted by molar-refractivity contribution is 5.87. The van der Waals surface area contributed by atoms with Crippen LogP contribution in [0.5, 0.6) is 11.9 Å². The van der Waals surface area contributed by atoms with Crippen LogP contribution < -0.4 is 14.4 Å². The predicted octanol–water partition coefficient (Wildman–Crippen LogP) is 3.73. The minimum atomic E-state index is -0.343. The fourth-order valence-electron chi connectivity index (χ4n) is 6.81. The Bertz CT molecular complexity index is 1190. The molecule has 2 aromatic rings. The Morgan fingerprint density at radius 2 is 1.97 bits per heavy atom. The van der Waals surface area contributed by atoms with Gasteiger partial charge in [0.25, 0.3) is 0 Å². The number of carbonyl (C=O) groups is 1. The minimum absolute atomic E-state index is 0.0170. The van der Waals surface area contributed by atoms with E-state index in [1.54, 1.807) is 0 Å². The van der Waals surface area contributed by atoms with Crippen LogP contribution in [0.3, 0.4) is 0 Å². The van der Waals surface area contributed by atoms with E-state index in [9.17, 15) is 4.79 Å². The number of aryl methyl sites for hydroxylation is 1. The van der Waals surface area contributed by atoms with E-state index in [-0.39, 0.29) is 11.5 Å². The zero-order valence-corrected chi connectivity index (χ0v) is 22.5. The lowest BCUT2D eigenvalue weighted by Crippen LogP contribution is -2.49. The lowest BCUT2D eigenvalue weighted by molar-refractivity contribution is -0.126. The van der Waals surface area contributed by atoms with E-state index in [4.69, 9.17) is 19.4 Å². The van der Waals surface area contributed by atoms with Gasteiger partial charge in [-0.15, -0.1) is 0 Å². The van der Waals surface area contributed by atoms with Crippen LogP contribution >= 0.6 is 0 Å². The van der Waals surface area contributed by atoms with Gasteiger partial charge in [0.05, 0.1) is 5.56 Å². The van der Waals surface area contributed by atoms with Crippen molar-refractivity contribution >= 4 is 11.7 Å². The second-order valence-corrected chi connectivity index (χ2v) is 11.0. The quantitative estimate of drug-likeness (QED) is 0.541. The van der Waals surface area contributed by atoms with Crippen LogP contribution in [-0.4, -0.2) is 77.6 Å². The first-order valence-electron chi connectivity index (χ1n) is 14.3. The number of hydrogen-bond acceptors (Lipinski definition) is 7. The molecular formula is C30H39N5O3. The number of carbonyl (C=O) groups excluding carboxylic acids is 1. The topological polar surface area (TPSA) is 71.0 Å². The second-order valence-electron chi connectivity index (χ2n) is 11.0. The number of likely N-dealkylation sites (N-methyl/N-ethyl adjacent to an activating group) is 1. The maximum Gasteiger partial charge on any atom is 0.321 e. The lowest BCUT2D eigenvalue weighted by atomic mass is 9.75. The summed E-state index contributed by atoms with van der Waals surface area (Å²) in [6.07, 6.45) is 8.72. The minimum Gasteiger partial charge on any atom is -0.466 e. The number of rotatable bonds is 6. The van der Waals surface area contributed by atoms with Gasteiger partial charge in [-0.25, -0.2) is 0 Å². The van der Waals surface area contributed by atoms with Gasteiger partial charge in [-0.1, -0.05) is 37.8 Å². The Labute approximate surface area is 225 Å². The first-order valence-corrected chi connectivity index (χ1v) is 14.3. The number of hydrogen-bond donors (Lipinski definition) is 0. The lowest BCUT2D eigenvalue weighted by Gasteiger charge is -2.43. The van der Waals surface area contributed by atoms with Gasteiger partial charge >= 0.3 is 6.01 Å². The third kappa shape index (κ3) is 4.64. The highest BCUT2D eigenvalue weighted by Gasteiger charge is 2.43. The Balaban J connectivity index is 1.31. The molecule has 4 aliphatic rings. The molecule has 1 aliphatic carbocycles. The van der Waals surface area contributed by atoms with Crippen LogP contribution in [0.4, 0.5) is 5.82 Å². The number of piperazine rings is 1. The average molecular weight is 518 g/mol. The Morgan fingerprint density at radius 3 is 2.79 bits per heavy atom. The van der Waals surface area contributed by atoms with Crippen molar-refractivity contribution in [1.82, 2.24) is 19.8 Å². The van der Waals surface area contributed by atoms with Gasteiger partial charge in [-0.3, -0.25) is 9.69 Å². The Morgan fingerprint density at radius 1 is 1.13 bits per heavy atom. The van der Waals surface area contributed by atoms with Crippen molar-refractivity contribution in [2.24, 2.45) is 0 Å². The molecule has 1 amide bonds. The van der Waals surface area contributed by atoms with Crippen molar-refractivity contribution in [2.75, 3.05) is 50.8 Å². The van der Waals surface area contributed by atoms with E-state index in [1.165, 1.54) is 23.6 Å². The van der Waals surface area contributed by atoms with Crippen molar-refractivity contribution in [3.63, 3.8) is 0 Å². The summed E-state index contributed by atoms with van der Waals surface area (Å²) >= 11 is 0. The summed E-state index contributed by atoms with van der Waals surface area (Å²) in [6, 6.07) is 9.51. The normalized spacial score (nSPS) is 25.0. The molecule has 0 radical (unpaired) electrons. The number of aromatic nitrogens is 2. The fraction of sp³-hybridized carbons (Fsp3) is 0.567. The molecule has 0 saturated carbocycles. The molecule has 0 bridgehead atoms. The number of benzene rings is 1. The Hall–Kier alpha value is -3.13. The number of ether oxygens (including phenoxy) is 2. The van der Waals surface area contributed by atoms with Crippen molar-refractivity contribution < 1.29 is 14.3 Å². The number of amides is 1. The summed E-state index contributed by atoms with van der Waals surface area (Å²) in [5.74, 6) is 1.54. The van der Waals surface area contributed by atoms with Gasteiger partial charge in [0.15, 0.2) is 0 Å². The van der Waals surface area contributed by atoms with Crippen molar-refractivity contribution in [1.29, 1.82) is 0 Å². The molecule has 1 unspecified atom stereocenters. The van der Waals surface area contributed by atoms with Crippen LogP contribution in [0.15, 0.2) is 36.9 Å². The van der Waals surface area contributed by atoms with Crippen LogP contribution in [0.25, 0.3) is 0 Å². The zero-order chi connectivity index (χ0) is 26.1. The van der Waals surface area contributed by atoms with Gasteiger partial charge in [0.1, 0.15) is 18.0 Å². The van der Waals surface area contributed by atoms with Crippen LogP contribution in [0.2, 0.25) is 0 Å².